The van der Waals surface area contributed by atoms with E-state index in [1.54, 1.807) is 0 Å². The zero-order valence-electron chi connectivity index (χ0n) is 8.42. The van der Waals surface area contributed by atoms with Gasteiger partial charge in [0.25, 0.3) is 0 Å². The van der Waals surface area contributed by atoms with Crippen molar-refractivity contribution in [2.75, 3.05) is 20.2 Å². The Hall–Kier alpha value is -0.540. The molecule has 0 spiro atoms. The maximum atomic E-state index is 5.56. The van der Waals surface area contributed by atoms with Crippen molar-refractivity contribution in [3.63, 3.8) is 0 Å². The molecule has 0 heterocycles. The molecule has 0 unspecified atom stereocenters. The van der Waals surface area contributed by atoms with E-state index in [1.807, 2.05) is 31.3 Å². The molecule has 0 saturated carbocycles. The van der Waals surface area contributed by atoms with Gasteiger partial charge in [0.2, 0.25) is 0 Å². The third-order valence-electron chi connectivity index (χ3n) is 1.90. The predicted molar refractivity (Wildman–Crippen MR) is 62.8 cm³/mol. The van der Waals surface area contributed by atoms with Crippen LogP contribution in [0.5, 0.6) is 5.75 Å². The smallest absolute Gasteiger partial charge is 0.119 e. The van der Waals surface area contributed by atoms with Crippen LogP contribution in [0.15, 0.2) is 28.7 Å². The van der Waals surface area contributed by atoms with E-state index in [-0.39, 0.29) is 0 Å². The average molecular weight is 258 g/mol. The summed E-state index contributed by atoms with van der Waals surface area (Å²) in [6, 6.07) is 7.93. The van der Waals surface area contributed by atoms with Gasteiger partial charge in [0.05, 0.1) is 6.61 Å². The Balaban J connectivity index is 2.15. The molecule has 3 heteroatoms. The van der Waals surface area contributed by atoms with Gasteiger partial charge in [-0.2, -0.15) is 0 Å². The summed E-state index contributed by atoms with van der Waals surface area (Å²) < 4.78 is 6.64. The summed E-state index contributed by atoms with van der Waals surface area (Å²) in [4.78, 5) is 0. The van der Waals surface area contributed by atoms with Crippen molar-refractivity contribution in [1.29, 1.82) is 0 Å². The monoisotopic (exact) mass is 257 g/mol. The lowest BCUT2D eigenvalue weighted by Gasteiger charge is -2.05. The molecule has 1 aromatic rings. The van der Waals surface area contributed by atoms with E-state index in [0.29, 0.717) is 0 Å². The number of hydrogen-bond donors (Lipinski definition) is 1. The number of unbranched alkanes of at least 4 members (excludes halogenated alkanes) is 1. The third kappa shape index (κ3) is 4.63. The molecule has 0 aromatic heterocycles. The molecule has 0 aliphatic rings. The summed E-state index contributed by atoms with van der Waals surface area (Å²) >= 11 is 3.38. The van der Waals surface area contributed by atoms with E-state index in [4.69, 9.17) is 4.74 Å². The molecule has 1 N–H and O–H groups in total. The number of benzene rings is 1. The molecule has 0 fully saturated rings. The van der Waals surface area contributed by atoms with Crippen molar-refractivity contribution < 1.29 is 4.74 Å². The van der Waals surface area contributed by atoms with E-state index in [1.165, 1.54) is 0 Å². The first-order valence-electron chi connectivity index (χ1n) is 4.86. The van der Waals surface area contributed by atoms with Crippen LogP contribution in [0.1, 0.15) is 12.8 Å². The topological polar surface area (TPSA) is 21.3 Å². The summed E-state index contributed by atoms with van der Waals surface area (Å²) in [5.74, 6) is 0.942. The van der Waals surface area contributed by atoms with Gasteiger partial charge in [-0.15, -0.1) is 0 Å². The number of nitrogens with one attached hydrogen (secondary N) is 1. The summed E-state index contributed by atoms with van der Waals surface area (Å²) in [6.07, 6.45) is 2.25. The first-order chi connectivity index (χ1) is 6.83. The van der Waals surface area contributed by atoms with Gasteiger partial charge in [-0.1, -0.05) is 15.9 Å². The van der Waals surface area contributed by atoms with Gasteiger partial charge >= 0.3 is 0 Å². The van der Waals surface area contributed by atoms with Gasteiger partial charge in [-0.05, 0) is 50.7 Å². The average Bonchev–Trinajstić information content (AvgIpc) is 2.21. The lowest BCUT2D eigenvalue weighted by Crippen LogP contribution is -2.09. The van der Waals surface area contributed by atoms with Gasteiger partial charge < -0.3 is 10.1 Å². The highest BCUT2D eigenvalue weighted by Crippen LogP contribution is 2.16. The number of ether oxygens (including phenoxy) is 1. The third-order valence-corrected chi connectivity index (χ3v) is 2.43. The minimum absolute atomic E-state index is 0.795. The molecule has 0 saturated heterocycles. The van der Waals surface area contributed by atoms with Gasteiger partial charge in [0.15, 0.2) is 0 Å². The van der Waals surface area contributed by atoms with Crippen LogP contribution in [0.25, 0.3) is 0 Å². The van der Waals surface area contributed by atoms with Crippen LogP contribution in [0, 0.1) is 0 Å². The van der Waals surface area contributed by atoms with Crippen LogP contribution in [0.4, 0.5) is 0 Å². The predicted octanol–water partition coefficient (Wildman–Crippen LogP) is 2.83. The molecule has 0 atom stereocenters. The van der Waals surface area contributed by atoms with Gasteiger partial charge in [0.1, 0.15) is 5.75 Å². The second-order valence-corrected chi connectivity index (χ2v) is 4.03. The van der Waals surface area contributed by atoms with E-state index >= 15 is 0 Å². The molecule has 78 valence electrons. The fraction of sp³-hybridized carbons (Fsp3) is 0.455. The normalized spacial score (nSPS) is 10.1. The Labute approximate surface area is 93.8 Å². The number of rotatable bonds is 6. The number of halogens is 1. The summed E-state index contributed by atoms with van der Waals surface area (Å²) in [6.45, 7) is 1.85. The van der Waals surface area contributed by atoms with Crippen LogP contribution in [0.2, 0.25) is 0 Å². The van der Waals surface area contributed by atoms with Crippen LogP contribution in [-0.2, 0) is 0 Å². The van der Waals surface area contributed by atoms with E-state index in [0.717, 1.165) is 36.2 Å². The molecule has 1 aromatic carbocycles. The van der Waals surface area contributed by atoms with Crippen molar-refractivity contribution >= 4 is 15.9 Å². The summed E-state index contributed by atoms with van der Waals surface area (Å²) in [7, 11) is 1.97. The lowest BCUT2D eigenvalue weighted by atomic mass is 10.3. The highest BCUT2D eigenvalue weighted by atomic mass is 79.9. The van der Waals surface area contributed by atoms with Gasteiger partial charge in [-0.3, -0.25) is 0 Å². The fourth-order valence-corrected chi connectivity index (χ4v) is 1.39. The zero-order chi connectivity index (χ0) is 10.2. The minimum Gasteiger partial charge on any atom is -0.494 e. The Morgan fingerprint density at radius 1 is 1.21 bits per heavy atom. The van der Waals surface area contributed by atoms with Crippen LogP contribution in [-0.4, -0.2) is 20.2 Å². The van der Waals surface area contributed by atoms with Crippen molar-refractivity contribution in [2.24, 2.45) is 0 Å². The standard InChI is InChI=1S/C11H16BrNO/c1-13-8-2-3-9-14-11-6-4-10(12)5-7-11/h4-7,13H,2-3,8-9H2,1H3. The lowest BCUT2D eigenvalue weighted by molar-refractivity contribution is 0.306. The Morgan fingerprint density at radius 3 is 2.57 bits per heavy atom. The molecule has 0 amide bonds. The number of hydrogen-bond acceptors (Lipinski definition) is 2. The molecular formula is C11H16BrNO. The Bertz CT molecular complexity index is 248. The van der Waals surface area contributed by atoms with E-state index < -0.39 is 0 Å². The Morgan fingerprint density at radius 2 is 1.93 bits per heavy atom. The quantitative estimate of drug-likeness (QED) is 0.792. The van der Waals surface area contributed by atoms with Crippen molar-refractivity contribution in [2.45, 2.75) is 12.8 Å². The van der Waals surface area contributed by atoms with E-state index in [2.05, 4.69) is 21.2 Å². The maximum absolute atomic E-state index is 5.56. The molecule has 0 bridgehead atoms. The largest absolute Gasteiger partial charge is 0.494 e. The SMILES string of the molecule is CNCCCCOc1ccc(Br)cc1. The van der Waals surface area contributed by atoms with Crippen molar-refractivity contribution in [1.82, 2.24) is 5.32 Å². The first kappa shape index (κ1) is 11.5. The van der Waals surface area contributed by atoms with Crippen LogP contribution < -0.4 is 10.1 Å². The highest BCUT2D eigenvalue weighted by Gasteiger charge is 1.93. The maximum Gasteiger partial charge on any atom is 0.119 e. The van der Waals surface area contributed by atoms with Gasteiger partial charge in [-0.25, -0.2) is 0 Å². The van der Waals surface area contributed by atoms with Crippen molar-refractivity contribution in [3.05, 3.63) is 28.7 Å². The summed E-state index contributed by atoms with van der Waals surface area (Å²) in [5.41, 5.74) is 0. The van der Waals surface area contributed by atoms with E-state index in [9.17, 15) is 0 Å². The molecule has 0 radical (unpaired) electrons. The molecular weight excluding hydrogens is 242 g/mol. The highest BCUT2D eigenvalue weighted by molar-refractivity contribution is 9.10. The van der Waals surface area contributed by atoms with Crippen LogP contribution in [0.3, 0.4) is 0 Å². The molecule has 14 heavy (non-hydrogen) atoms. The first-order valence-corrected chi connectivity index (χ1v) is 5.65. The molecule has 2 nitrogen and oxygen atoms in total. The molecule has 0 aliphatic carbocycles. The Kier molecular flexibility index (Phi) is 5.64. The molecule has 0 aliphatic heterocycles. The van der Waals surface area contributed by atoms with Crippen molar-refractivity contribution in [3.8, 4) is 5.75 Å². The summed E-state index contributed by atoms with van der Waals surface area (Å²) in [5, 5.41) is 3.11. The second-order valence-electron chi connectivity index (χ2n) is 3.11. The molecule has 1 rings (SSSR count). The minimum atomic E-state index is 0.795. The van der Waals surface area contributed by atoms with Crippen LogP contribution >= 0.6 is 15.9 Å². The fourth-order valence-electron chi connectivity index (χ4n) is 1.12. The second kappa shape index (κ2) is 6.85. The zero-order valence-corrected chi connectivity index (χ0v) is 10.0. The van der Waals surface area contributed by atoms with Gasteiger partial charge in [0, 0.05) is 4.47 Å².